The van der Waals surface area contributed by atoms with Gasteiger partial charge in [0.25, 0.3) is 0 Å². The quantitative estimate of drug-likeness (QED) is 0.267. The van der Waals surface area contributed by atoms with Crippen LogP contribution in [0.1, 0.15) is 13.8 Å². The van der Waals surface area contributed by atoms with Gasteiger partial charge in [0.1, 0.15) is 6.61 Å². The van der Waals surface area contributed by atoms with E-state index in [2.05, 4.69) is 18.8 Å². The monoisotopic (exact) mass is 346 g/mol. The molecule has 0 spiro atoms. The number of esters is 1. The predicted molar refractivity (Wildman–Crippen MR) is 91.4 cm³/mol. The minimum atomic E-state index is -2.15. The molecule has 0 saturated carbocycles. The van der Waals surface area contributed by atoms with E-state index in [9.17, 15) is 9.59 Å². The fourth-order valence-corrected chi connectivity index (χ4v) is 4.05. The Kier molecular flexibility index (Phi) is 10.5. The molecule has 2 amide bonds. The first-order valence-electron chi connectivity index (χ1n) is 7.74. The average Bonchev–Trinajstić information content (AvgIpc) is 2.55. The number of rotatable bonds is 11. The number of amides is 2. The third kappa shape index (κ3) is 8.73. The third-order valence-electron chi connectivity index (χ3n) is 3.57. The van der Waals surface area contributed by atoms with Crippen molar-refractivity contribution in [2.45, 2.75) is 26.4 Å². The summed E-state index contributed by atoms with van der Waals surface area (Å²) in [5, 5.41) is 2.73. The molecule has 0 radical (unpaired) electrons. The van der Waals surface area contributed by atoms with Gasteiger partial charge in [-0.15, -0.1) is 0 Å². The number of carbonyl (C=O) groups is 2. The zero-order chi connectivity index (χ0) is 17.9. The second-order valence-corrected chi connectivity index (χ2v) is 8.99. The molecule has 0 aromatic heterocycles. The van der Waals surface area contributed by atoms with Crippen LogP contribution < -0.4 is 5.32 Å². The van der Waals surface area contributed by atoms with Crippen molar-refractivity contribution in [3.63, 3.8) is 0 Å². The van der Waals surface area contributed by atoms with Gasteiger partial charge in [0.2, 0.25) is 0 Å². The average molecular weight is 347 g/mol. The van der Waals surface area contributed by atoms with E-state index in [1.54, 1.807) is 19.1 Å². The summed E-state index contributed by atoms with van der Waals surface area (Å²) in [5.74, 6) is -0.237. The van der Waals surface area contributed by atoms with E-state index in [0.29, 0.717) is 13.1 Å². The molecule has 1 atom stereocenters. The maximum absolute atomic E-state index is 12.1. The Balaban J connectivity index is 4.28. The van der Waals surface area contributed by atoms with Crippen LogP contribution in [0.3, 0.4) is 0 Å². The Morgan fingerprint density at radius 2 is 1.96 bits per heavy atom. The lowest BCUT2D eigenvalue weighted by atomic mass is 10.2. The minimum absolute atomic E-state index is 0.127. The Bertz CT molecular complexity index is 388. The highest BCUT2D eigenvalue weighted by molar-refractivity contribution is 6.66. The Morgan fingerprint density at radius 3 is 2.43 bits per heavy atom. The summed E-state index contributed by atoms with van der Waals surface area (Å²) in [6.45, 7) is 10.9. The molecule has 1 N–H and O–H groups in total. The summed E-state index contributed by atoms with van der Waals surface area (Å²) < 4.78 is 15.8. The number of urea groups is 1. The first-order chi connectivity index (χ1) is 10.8. The highest BCUT2D eigenvalue weighted by atomic mass is 28.4. The third-order valence-corrected chi connectivity index (χ3v) is 6.74. The molecule has 0 aliphatic carbocycles. The van der Waals surface area contributed by atoms with Gasteiger partial charge in [0, 0.05) is 33.4 Å². The number of hydrogen-bond acceptors (Lipinski definition) is 5. The lowest BCUT2D eigenvalue weighted by Gasteiger charge is -2.29. The van der Waals surface area contributed by atoms with E-state index in [-0.39, 0.29) is 25.1 Å². The van der Waals surface area contributed by atoms with Gasteiger partial charge < -0.3 is 23.8 Å². The van der Waals surface area contributed by atoms with Gasteiger partial charge in [0.15, 0.2) is 0 Å². The van der Waals surface area contributed by atoms with Crippen LogP contribution in [-0.2, 0) is 18.4 Å². The van der Waals surface area contributed by atoms with E-state index in [1.807, 2.05) is 13.5 Å². The molecule has 0 aliphatic rings. The van der Waals surface area contributed by atoms with Gasteiger partial charge in [-0.2, -0.15) is 0 Å². The Labute approximate surface area is 140 Å². The van der Waals surface area contributed by atoms with Crippen LogP contribution in [-0.4, -0.2) is 65.9 Å². The second-order valence-electron chi connectivity index (χ2n) is 5.49. The standard InChI is InChI=1S/C15H30N2O5Si/c1-7-14(18)22-10-9-16-15(19)17(8-2)11-13(3)12-23(6,20-4)21-5/h7,13H,1,8-12H2,2-6H3,(H,16,19). The maximum Gasteiger partial charge on any atom is 0.334 e. The summed E-state index contributed by atoms with van der Waals surface area (Å²) in [4.78, 5) is 24.8. The minimum Gasteiger partial charge on any atom is -0.461 e. The van der Waals surface area contributed by atoms with Crippen molar-refractivity contribution in [2.75, 3.05) is 40.5 Å². The summed E-state index contributed by atoms with van der Waals surface area (Å²) in [6.07, 6.45) is 1.09. The smallest absolute Gasteiger partial charge is 0.334 e. The van der Waals surface area contributed by atoms with Crippen molar-refractivity contribution in [3.05, 3.63) is 12.7 Å². The van der Waals surface area contributed by atoms with E-state index in [1.165, 1.54) is 0 Å². The number of hydrogen-bond donors (Lipinski definition) is 1. The molecule has 8 heteroatoms. The predicted octanol–water partition coefficient (Wildman–Crippen LogP) is 1.75. The molecule has 0 fully saturated rings. The molecular weight excluding hydrogens is 316 g/mol. The first-order valence-corrected chi connectivity index (χ1v) is 10.3. The maximum atomic E-state index is 12.1. The van der Waals surface area contributed by atoms with E-state index in [4.69, 9.17) is 13.6 Å². The summed E-state index contributed by atoms with van der Waals surface area (Å²) in [7, 11) is 1.18. The molecule has 0 heterocycles. The van der Waals surface area contributed by atoms with Gasteiger partial charge in [-0.25, -0.2) is 9.59 Å². The van der Waals surface area contributed by atoms with Gasteiger partial charge >= 0.3 is 20.6 Å². The van der Waals surface area contributed by atoms with Crippen LogP contribution in [0.5, 0.6) is 0 Å². The fraction of sp³-hybridized carbons (Fsp3) is 0.733. The molecule has 1 unspecified atom stereocenters. The van der Waals surface area contributed by atoms with Crippen molar-refractivity contribution in [1.82, 2.24) is 10.2 Å². The van der Waals surface area contributed by atoms with Crippen molar-refractivity contribution < 1.29 is 23.2 Å². The normalized spacial score (nSPS) is 12.4. The zero-order valence-corrected chi connectivity index (χ0v) is 15.9. The van der Waals surface area contributed by atoms with Crippen molar-refractivity contribution in [3.8, 4) is 0 Å². The number of nitrogens with one attached hydrogen (secondary N) is 1. The van der Waals surface area contributed by atoms with Crippen LogP contribution in [0, 0.1) is 5.92 Å². The van der Waals surface area contributed by atoms with E-state index < -0.39 is 14.5 Å². The van der Waals surface area contributed by atoms with Crippen LogP contribution >= 0.6 is 0 Å². The van der Waals surface area contributed by atoms with E-state index in [0.717, 1.165) is 12.1 Å². The van der Waals surface area contributed by atoms with Crippen molar-refractivity contribution in [1.29, 1.82) is 0 Å². The number of ether oxygens (including phenoxy) is 1. The lowest BCUT2D eigenvalue weighted by molar-refractivity contribution is -0.137. The van der Waals surface area contributed by atoms with Crippen LogP contribution in [0.15, 0.2) is 12.7 Å². The van der Waals surface area contributed by atoms with Crippen molar-refractivity contribution >= 4 is 20.6 Å². The highest BCUT2D eigenvalue weighted by Crippen LogP contribution is 2.19. The largest absolute Gasteiger partial charge is 0.461 e. The molecule has 134 valence electrons. The van der Waals surface area contributed by atoms with Gasteiger partial charge in [0.05, 0.1) is 6.54 Å². The summed E-state index contributed by atoms with van der Waals surface area (Å²) in [6, 6.07) is 0.632. The van der Waals surface area contributed by atoms with Crippen LogP contribution in [0.4, 0.5) is 4.79 Å². The summed E-state index contributed by atoms with van der Waals surface area (Å²) in [5.41, 5.74) is 0. The van der Waals surface area contributed by atoms with Gasteiger partial charge in [-0.05, 0) is 25.4 Å². The van der Waals surface area contributed by atoms with E-state index >= 15 is 0 Å². The fourth-order valence-electron chi connectivity index (χ4n) is 2.16. The summed E-state index contributed by atoms with van der Waals surface area (Å²) >= 11 is 0. The molecule has 0 aromatic carbocycles. The second kappa shape index (κ2) is 11.2. The van der Waals surface area contributed by atoms with Crippen LogP contribution in [0.2, 0.25) is 12.6 Å². The molecule has 7 nitrogen and oxygen atoms in total. The molecule has 0 aliphatic heterocycles. The SMILES string of the molecule is C=CC(=O)OCCNC(=O)N(CC)CC(C)C[Si](C)(OC)OC. The lowest BCUT2D eigenvalue weighted by Crippen LogP contribution is -2.45. The molecular formula is C15H30N2O5Si. The number of nitrogens with zero attached hydrogens (tertiary/aromatic N) is 1. The topological polar surface area (TPSA) is 77.1 Å². The molecule has 23 heavy (non-hydrogen) atoms. The van der Waals surface area contributed by atoms with Gasteiger partial charge in [-0.3, -0.25) is 0 Å². The Hall–Kier alpha value is -1.38. The van der Waals surface area contributed by atoms with Gasteiger partial charge in [-0.1, -0.05) is 13.5 Å². The molecule has 0 bridgehead atoms. The molecule has 0 aromatic rings. The molecule has 0 rings (SSSR count). The number of carbonyl (C=O) groups excluding carboxylic acids is 2. The highest BCUT2D eigenvalue weighted by Gasteiger charge is 2.31. The zero-order valence-electron chi connectivity index (χ0n) is 14.9. The Morgan fingerprint density at radius 1 is 1.35 bits per heavy atom. The van der Waals surface area contributed by atoms with Crippen LogP contribution in [0.25, 0.3) is 0 Å². The molecule has 0 saturated heterocycles. The van der Waals surface area contributed by atoms with Crippen molar-refractivity contribution in [2.24, 2.45) is 5.92 Å². The first kappa shape index (κ1) is 21.6.